The number of hydrogen-bond acceptors (Lipinski definition) is 5. The average molecular weight is 283 g/mol. The van der Waals surface area contributed by atoms with Crippen molar-refractivity contribution >= 4 is 5.97 Å². The Hall–Kier alpha value is -1.79. The quantitative estimate of drug-likeness (QED) is 0.664. The van der Waals surface area contributed by atoms with E-state index in [9.17, 15) is 15.0 Å². The molecule has 0 bridgehead atoms. The molecular weight excluding hydrogens is 262 g/mol. The Morgan fingerprint density at radius 2 is 1.95 bits per heavy atom. The Morgan fingerprint density at radius 1 is 1.30 bits per heavy atom. The molecular formula is C14H21NO5. The fraction of sp³-hybridized carbons (Fsp3) is 0.500. The molecule has 2 unspecified atom stereocenters. The van der Waals surface area contributed by atoms with Crippen LogP contribution in [0.1, 0.15) is 24.9 Å². The second-order valence-corrected chi connectivity index (χ2v) is 4.34. The molecule has 20 heavy (non-hydrogen) atoms. The number of ether oxygens (including phenoxy) is 2. The van der Waals surface area contributed by atoms with Gasteiger partial charge in [0.25, 0.3) is 0 Å². The lowest BCUT2D eigenvalue weighted by Crippen LogP contribution is -2.38. The zero-order valence-corrected chi connectivity index (χ0v) is 11.9. The van der Waals surface area contributed by atoms with Crippen molar-refractivity contribution in [1.29, 1.82) is 0 Å². The standard InChI is InChI=1S/C14H21NO5/c1-4-10(8-16)15-13(14(17)18)9-5-6-11(19-2)12(7-9)20-3/h5-7,10,13,15-16H,4,8H2,1-3H3,(H,17,18). The molecule has 0 aliphatic heterocycles. The van der Waals surface area contributed by atoms with Gasteiger partial charge in [0.05, 0.1) is 20.8 Å². The number of hydrogen-bond donors (Lipinski definition) is 3. The van der Waals surface area contributed by atoms with Gasteiger partial charge in [0, 0.05) is 6.04 Å². The van der Waals surface area contributed by atoms with E-state index < -0.39 is 12.0 Å². The number of aliphatic hydroxyl groups is 1. The third-order valence-corrected chi connectivity index (χ3v) is 3.10. The van der Waals surface area contributed by atoms with Gasteiger partial charge in [-0.2, -0.15) is 0 Å². The first-order valence-electron chi connectivity index (χ1n) is 6.39. The summed E-state index contributed by atoms with van der Waals surface area (Å²) in [7, 11) is 3.01. The Labute approximate surface area is 118 Å². The van der Waals surface area contributed by atoms with Gasteiger partial charge >= 0.3 is 5.97 Å². The van der Waals surface area contributed by atoms with Crippen molar-refractivity contribution in [3.63, 3.8) is 0 Å². The number of aliphatic carboxylic acids is 1. The van der Waals surface area contributed by atoms with Crippen LogP contribution in [0, 0.1) is 0 Å². The van der Waals surface area contributed by atoms with Crippen LogP contribution in [-0.4, -0.2) is 43.1 Å². The fourth-order valence-electron chi connectivity index (χ4n) is 1.88. The predicted molar refractivity (Wildman–Crippen MR) is 74.2 cm³/mol. The largest absolute Gasteiger partial charge is 0.493 e. The Bertz CT molecular complexity index is 445. The zero-order valence-electron chi connectivity index (χ0n) is 11.9. The minimum Gasteiger partial charge on any atom is -0.493 e. The molecule has 1 rings (SSSR count). The lowest BCUT2D eigenvalue weighted by Gasteiger charge is -2.21. The van der Waals surface area contributed by atoms with Crippen LogP contribution in [0.2, 0.25) is 0 Å². The summed E-state index contributed by atoms with van der Waals surface area (Å²) in [6.07, 6.45) is 0.633. The lowest BCUT2D eigenvalue weighted by atomic mass is 10.0. The van der Waals surface area contributed by atoms with E-state index in [2.05, 4.69) is 5.32 Å². The van der Waals surface area contributed by atoms with Gasteiger partial charge in [-0.1, -0.05) is 13.0 Å². The van der Waals surface area contributed by atoms with Gasteiger partial charge in [-0.05, 0) is 24.1 Å². The third kappa shape index (κ3) is 3.85. The summed E-state index contributed by atoms with van der Waals surface area (Å²) in [6.45, 7) is 1.76. The number of nitrogens with one attached hydrogen (secondary N) is 1. The van der Waals surface area contributed by atoms with Gasteiger partial charge < -0.3 is 19.7 Å². The molecule has 3 N–H and O–H groups in total. The minimum atomic E-state index is -1.01. The molecule has 6 heteroatoms. The van der Waals surface area contributed by atoms with Crippen molar-refractivity contribution in [3.05, 3.63) is 23.8 Å². The van der Waals surface area contributed by atoms with E-state index in [1.807, 2.05) is 6.92 Å². The monoisotopic (exact) mass is 283 g/mol. The van der Waals surface area contributed by atoms with E-state index in [1.165, 1.54) is 14.2 Å². The maximum atomic E-state index is 11.4. The van der Waals surface area contributed by atoms with Crippen LogP contribution in [0.4, 0.5) is 0 Å². The number of carbonyl (C=O) groups is 1. The maximum Gasteiger partial charge on any atom is 0.325 e. The number of carboxylic acids is 1. The SMILES string of the molecule is CCC(CO)NC(C(=O)O)c1ccc(OC)c(OC)c1. The summed E-state index contributed by atoms with van der Waals surface area (Å²) in [5.41, 5.74) is 0.544. The molecule has 0 saturated carbocycles. The van der Waals surface area contributed by atoms with E-state index >= 15 is 0 Å². The smallest absolute Gasteiger partial charge is 0.325 e. The fourth-order valence-corrected chi connectivity index (χ4v) is 1.88. The molecule has 0 fully saturated rings. The topological polar surface area (TPSA) is 88.0 Å². The predicted octanol–water partition coefficient (Wildman–Crippen LogP) is 1.19. The normalized spacial score (nSPS) is 13.6. The molecule has 0 aliphatic rings. The number of aliphatic hydroxyl groups excluding tert-OH is 1. The zero-order chi connectivity index (χ0) is 15.1. The minimum absolute atomic E-state index is 0.117. The number of rotatable bonds is 8. The first-order valence-corrected chi connectivity index (χ1v) is 6.39. The molecule has 0 aliphatic carbocycles. The van der Waals surface area contributed by atoms with Crippen molar-refractivity contribution in [3.8, 4) is 11.5 Å². The van der Waals surface area contributed by atoms with Crippen LogP contribution < -0.4 is 14.8 Å². The summed E-state index contributed by atoms with van der Waals surface area (Å²) < 4.78 is 10.3. The van der Waals surface area contributed by atoms with Gasteiger partial charge in [-0.3, -0.25) is 10.1 Å². The summed E-state index contributed by atoms with van der Waals surface area (Å²) in [5.74, 6) is -0.00574. The van der Waals surface area contributed by atoms with Crippen LogP contribution in [0.5, 0.6) is 11.5 Å². The molecule has 1 aromatic carbocycles. The highest BCUT2D eigenvalue weighted by Gasteiger charge is 2.23. The first-order chi connectivity index (χ1) is 9.57. The summed E-state index contributed by atoms with van der Waals surface area (Å²) >= 11 is 0. The molecule has 6 nitrogen and oxygen atoms in total. The Morgan fingerprint density at radius 3 is 2.40 bits per heavy atom. The molecule has 0 spiro atoms. The van der Waals surface area contributed by atoms with E-state index in [0.717, 1.165) is 0 Å². The van der Waals surface area contributed by atoms with E-state index in [0.29, 0.717) is 23.5 Å². The van der Waals surface area contributed by atoms with Crippen LogP contribution in [0.25, 0.3) is 0 Å². The maximum absolute atomic E-state index is 11.4. The first kappa shape index (κ1) is 16.3. The molecule has 1 aromatic rings. The lowest BCUT2D eigenvalue weighted by molar-refractivity contribution is -0.140. The molecule has 112 valence electrons. The van der Waals surface area contributed by atoms with Crippen molar-refractivity contribution in [2.24, 2.45) is 0 Å². The summed E-state index contributed by atoms with van der Waals surface area (Å²) in [4.78, 5) is 11.4. The highest BCUT2D eigenvalue weighted by molar-refractivity contribution is 5.76. The van der Waals surface area contributed by atoms with Crippen LogP contribution in [0.15, 0.2) is 18.2 Å². The highest BCUT2D eigenvalue weighted by Crippen LogP contribution is 2.30. The van der Waals surface area contributed by atoms with Crippen LogP contribution >= 0.6 is 0 Å². The van der Waals surface area contributed by atoms with E-state index in [4.69, 9.17) is 9.47 Å². The molecule has 0 heterocycles. The van der Waals surface area contributed by atoms with Crippen LogP contribution in [-0.2, 0) is 4.79 Å². The second-order valence-electron chi connectivity index (χ2n) is 4.34. The average Bonchev–Trinajstić information content (AvgIpc) is 2.47. The summed E-state index contributed by atoms with van der Waals surface area (Å²) in [6, 6.07) is 3.76. The molecule has 2 atom stereocenters. The second kappa shape index (κ2) is 7.72. The summed E-state index contributed by atoms with van der Waals surface area (Å²) in [5, 5.41) is 21.4. The third-order valence-electron chi connectivity index (χ3n) is 3.10. The van der Waals surface area contributed by atoms with Crippen molar-refractivity contribution in [1.82, 2.24) is 5.32 Å². The van der Waals surface area contributed by atoms with E-state index in [-0.39, 0.29) is 12.6 Å². The highest BCUT2D eigenvalue weighted by atomic mass is 16.5. The van der Waals surface area contributed by atoms with Gasteiger partial charge in [0.2, 0.25) is 0 Å². The van der Waals surface area contributed by atoms with Gasteiger partial charge in [0.15, 0.2) is 11.5 Å². The Kier molecular flexibility index (Phi) is 6.27. The molecule has 0 saturated heterocycles. The molecule has 0 aromatic heterocycles. The number of methoxy groups -OCH3 is 2. The molecule has 0 radical (unpaired) electrons. The Balaban J connectivity index is 3.06. The number of benzene rings is 1. The van der Waals surface area contributed by atoms with Crippen molar-refractivity contribution < 1.29 is 24.5 Å². The van der Waals surface area contributed by atoms with Crippen molar-refractivity contribution in [2.45, 2.75) is 25.4 Å². The number of carboxylic acid groups (broad SMARTS) is 1. The van der Waals surface area contributed by atoms with Gasteiger partial charge in [0.1, 0.15) is 6.04 Å². The molecule has 0 amide bonds. The van der Waals surface area contributed by atoms with E-state index in [1.54, 1.807) is 18.2 Å². The van der Waals surface area contributed by atoms with Crippen molar-refractivity contribution in [2.75, 3.05) is 20.8 Å². The van der Waals surface area contributed by atoms with Crippen LogP contribution in [0.3, 0.4) is 0 Å². The van der Waals surface area contributed by atoms with Gasteiger partial charge in [-0.15, -0.1) is 0 Å². The van der Waals surface area contributed by atoms with Gasteiger partial charge in [-0.25, -0.2) is 0 Å².